The van der Waals surface area contributed by atoms with Crippen LogP contribution in [0, 0.1) is 0 Å². The van der Waals surface area contributed by atoms with E-state index in [1.165, 1.54) is 0 Å². The van der Waals surface area contributed by atoms with E-state index in [1.54, 1.807) is 7.11 Å². The lowest BCUT2D eigenvalue weighted by Gasteiger charge is -2.33. The first-order valence-corrected chi connectivity index (χ1v) is 11.0. The molecule has 0 atom stereocenters. The standard InChI is InChI=1S/C23H27BrN2O3/c1-28-19-8-9-21(26-12-14-29-15-13-26)20(16-19)25-22(27)23(10-2-3-11-23)17-4-6-18(24)7-5-17/h4-9,16H,2-3,10-15H2,1H3,(H,25,27). The largest absolute Gasteiger partial charge is 0.497 e. The van der Waals surface area contributed by atoms with E-state index in [0.717, 1.165) is 65.9 Å². The van der Waals surface area contributed by atoms with E-state index >= 15 is 0 Å². The molecule has 1 aliphatic heterocycles. The number of carbonyl (C=O) groups excluding carboxylic acids is 1. The number of nitrogens with zero attached hydrogens (tertiary/aromatic N) is 1. The molecule has 0 bridgehead atoms. The third-order valence-corrected chi connectivity index (χ3v) is 6.62. The van der Waals surface area contributed by atoms with Gasteiger partial charge in [-0.3, -0.25) is 4.79 Å². The molecule has 4 rings (SSSR count). The molecule has 154 valence electrons. The molecule has 1 saturated carbocycles. The Labute approximate surface area is 180 Å². The fourth-order valence-electron chi connectivity index (χ4n) is 4.46. The minimum atomic E-state index is -0.480. The van der Waals surface area contributed by atoms with Crippen molar-refractivity contribution in [2.75, 3.05) is 43.6 Å². The highest BCUT2D eigenvalue weighted by Gasteiger charge is 2.43. The molecule has 0 aromatic heterocycles. The second-order valence-electron chi connectivity index (χ2n) is 7.73. The summed E-state index contributed by atoms with van der Waals surface area (Å²) in [4.78, 5) is 15.9. The molecule has 29 heavy (non-hydrogen) atoms. The number of hydrogen-bond acceptors (Lipinski definition) is 4. The molecule has 1 N–H and O–H groups in total. The summed E-state index contributed by atoms with van der Waals surface area (Å²) in [5.74, 6) is 0.807. The molecule has 6 heteroatoms. The van der Waals surface area contributed by atoms with Gasteiger partial charge in [-0.05, 0) is 42.7 Å². The van der Waals surface area contributed by atoms with Gasteiger partial charge in [-0.2, -0.15) is 0 Å². The van der Waals surface area contributed by atoms with Crippen LogP contribution in [0.4, 0.5) is 11.4 Å². The van der Waals surface area contributed by atoms with E-state index in [1.807, 2.05) is 30.3 Å². The predicted molar refractivity (Wildman–Crippen MR) is 119 cm³/mol. The van der Waals surface area contributed by atoms with Crippen molar-refractivity contribution in [1.82, 2.24) is 0 Å². The molecule has 1 amide bonds. The van der Waals surface area contributed by atoms with Gasteiger partial charge in [-0.1, -0.05) is 40.9 Å². The van der Waals surface area contributed by atoms with Crippen LogP contribution in [-0.4, -0.2) is 39.3 Å². The maximum absolute atomic E-state index is 13.6. The molecule has 2 aliphatic rings. The maximum Gasteiger partial charge on any atom is 0.235 e. The minimum absolute atomic E-state index is 0.0695. The Balaban J connectivity index is 1.66. The van der Waals surface area contributed by atoms with Gasteiger partial charge in [0, 0.05) is 23.6 Å². The minimum Gasteiger partial charge on any atom is -0.497 e. The fraction of sp³-hybridized carbons (Fsp3) is 0.435. The van der Waals surface area contributed by atoms with Gasteiger partial charge >= 0.3 is 0 Å². The molecule has 1 saturated heterocycles. The number of morpholine rings is 1. The van der Waals surface area contributed by atoms with Crippen molar-refractivity contribution in [1.29, 1.82) is 0 Å². The maximum atomic E-state index is 13.6. The Bertz CT molecular complexity index is 857. The van der Waals surface area contributed by atoms with Gasteiger partial charge in [-0.25, -0.2) is 0 Å². The molecule has 2 aromatic rings. The van der Waals surface area contributed by atoms with E-state index in [0.29, 0.717) is 13.2 Å². The Morgan fingerprint density at radius 2 is 1.79 bits per heavy atom. The number of nitrogens with one attached hydrogen (secondary N) is 1. The number of anilines is 2. The number of halogens is 1. The van der Waals surface area contributed by atoms with Crippen LogP contribution in [0.1, 0.15) is 31.2 Å². The average molecular weight is 459 g/mol. The molecule has 0 spiro atoms. The van der Waals surface area contributed by atoms with Gasteiger partial charge in [0.2, 0.25) is 5.91 Å². The molecule has 1 aliphatic carbocycles. The predicted octanol–water partition coefficient (Wildman–Crippen LogP) is 4.74. The molecule has 2 aromatic carbocycles. The van der Waals surface area contributed by atoms with E-state index < -0.39 is 5.41 Å². The van der Waals surface area contributed by atoms with Crippen molar-refractivity contribution in [3.63, 3.8) is 0 Å². The van der Waals surface area contributed by atoms with Gasteiger partial charge in [0.05, 0.1) is 37.1 Å². The molecular weight excluding hydrogens is 432 g/mol. The highest BCUT2D eigenvalue weighted by atomic mass is 79.9. The van der Waals surface area contributed by atoms with Crippen molar-refractivity contribution < 1.29 is 14.3 Å². The van der Waals surface area contributed by atoms with Crippen LogP contribution in [-0.2, 0) is 14.9 Å². The van der Waals surface area contributed by atoms with Crippen LogP contribution in [0.15, 0.2) is 46.9 Å². The Morgan fingerprint density at radius 3 is 2.45 bits per heavy atom. The molecule has 2 fully saturated rings. The number of hydrogen-bond donors (Lipinski definition) is 1. The van der Waals surface area contributed by atoms with Crippen molar-refractivity contribution in [3.8, 4) is 5.75 Å². The fourth-order valence-corrected chi connectivity index (χ4v) is 4.72. The topological polar surface area (TPSA) is 50.8 Å². The van der Waals surface area contributed by atoms with Crippen molar-refractivity contribution in [2.24, 2.45) is 0 Å². The summed E-state index contributed by atoms with van der Waals surface area (Å²) < 4.78 is 11.9. The average Bonchev–Trinajstić information content (AvgIpc) is 3.26. The van der Waals surface area contributed by atoms with E-state index in [-0.39, 0.29) is 5.91 Å². The Hall–Kier alpha value is -2.05. The summed E-state index contributed by atoms with van der Waals surface area (Å²) in [6.07, 6.45) is 3.88. The first kappa shape index (κ1) is 20.2. The lowest BCUT2D eigenvalue weighted by atomic mass is 9.78. The number of benzene rings is 2. The van der Waals surface area contributed by atoms with E-state index in [9.17, 15) is 4.79 Å². The monoisotopic (exact) mass is 458 g/mol. The SMILES string of the molecule is COc1ccc(N2CCOCC2)c(NC(=O)C2(c3ccc(Br)cc3)CCCC2)c1. The second kappa shape index (κ2) is 8.76. The zero-order valence-electron chi connectivity index (χ0n) is 16.7. The van der Waals surface area contributed by atoms with Crippen molar-refractivity contribution >= 4 is 33.2 Å². The third-order valence-electron chi connectivity index (χ3n) is 6.09. The molecule has 5 nitrogen and oxygen atoms in total. The molecular formula is C23H27BrN2O3. The number of methoxy groups -OCH3 is 1. The summed E-state index contributed by atoms with van der Waals surface area (Å²) in [5, 5.41) is 3.27. The lowest BCUT2D eigenvalue weighted by molar-refractivity contribution is -0.121. The summed E-state index contributed by atoms with van der Waals surface area (Å²) in [6.45, 7) is 3.02. The van der Waals surface area contributed by atoms with E-state index in [2.05, 4.69) is 38.3 Å². The Morgan fingerprint density at radius 1 is 1.10 bits per heavy atom. The van der Waals surface area contributed by atoms with E-state index in [4.69, 9.17) is 9.47 Å². The highest BCUT2D eigenvalue weighted by molar-refractivity contribution is 9.10. The third kappa shape index (κ3) is 4.14. The lowest BCUT2D eigenvalue weighted by Crippen LogP contribution is -2.39. The Kier molecular flexibility index (Phi) is 6.11. The first-order valence-electron chi connectivity index (χ1n) is 10.2. The normalized spacial score (nSPS) is 18.5. The summed E-state index contributed by atoms with van der Waals surface area (Å²) in [6, 6.07) is 14.1. The van der Waals surface area contributed by atoms with Crippen LogP contribution < -0.4 is 15.0 Å². The van der Waals surface area contributed by atoms with Crippen LogP contribution in [0.2, 0.25) is 0 Å². The van der Waals surface area contributed by atoms with Crippen LogP contribution in [0.5, 0.6) is 5.75 Å². The zero-order chi connectivity index (χ0) is 20.3. The summed E-state index contributed by atoms with van der Waals surface area (Å²) in [7, 11) is 1.65. The van der Waals surface area contributed by atoms with Crippen LogP contribution in [0.25, 0.3) is 0 Å². The van der Waals surface area contributed by atoms with Crippen molar-refractivity contribution in [3.05, 3.63) is 52.5 Å². The number of ether oxygens (including phenoxy) is 2. The highest BCUT2D eigenvalue weighted by Crippen LogP contribution is 2.43. The first-order chi connectivity index (χ1) is 14.1. The number of amides is 1. The molecule has 0 unspecified atom stereocenters. The number of carbonyl (C=O) groups is 1. The second-order valence-corrected chi connectivity index (χ2v) is 8.65. The molecule has 0 radical (unpaired) electrons. The van der Waals surface area contributed by atoms with Gasteiger partial charge in [0.15, 0.2) is 0 Å². The van der Waals surface area contributed by atoms with Crippen LogP contribution >= 0.6 is 15.9 Å². The number of rotatable bonds is 5. The van der Waals surface area contributed by atoms with Gasteiger partial charge < -0.3 is 19.7 Å². The van der Waals surface area contributed by atoms with Crippen molar-refractivity contribution in [2.45, 2.75) is 31.1 Å². The van der Waals surface area contributed by atoms with Crippen LogP contribution in [0.3, 0.4) is 0 Å². The van der Waals surface area contributed by atoms with Gasteiger partial charge in [0.25, 0.3) is 0 Å². The smallest absolute Gasteiger partial charge is 0.235 e. The summed E-state index contributed by atoms with van der Waals surface area (Å²) in [5.41, 5.74) is 2.43. The quantitative estimate of drug-likeness (QED) is 0.702. The molecule has 1 heterocycles. The zero-order valence-corrected chi connectivity index (χ0v) is 18.3. The van der Waals surface area contributed by atoms with Gasteiger partial charge in [-0.15, -0.1) is 0 Å². The summed E-state index contributed by atoms with van der Waals surface area (Å²) >= 11 is 3.50. The van der Waals surface area contributed by atoms with Gasteiger partial charge in [0.1, 0.15) is 5.75 Å².